The number of rotatable bonds is 4. The maximum Gasteiger partial charge on any atom is 0.170 e. The number of aryl methyl sites for hydroxylation is 1. The Balaban J connectivity index is 2.33. The lowest BCUT2D eigenvalue weighted by Crippen LogP contribution is -2.08. The predicted octanol–water partition coefficient (Wildman–Crippen LogP) is 2.88. The highest BCUT2D eigenvalue weighted by atomic mass is 32.2. The van der Waals surface area contributed by atoms with Crippen LogP contribution in [-0.2, 0) is 0 Å². The predicted molar refractivity (Wildman–Crippen MR) is 59.4 cm³/mol. The van der Waals surface area contributed by atoms with Gasteiger partial charge in [-0.25, -0.2) is 4.98 Å². The summed E-state index contributed by atoms with van der Waals surface area (Å²) in [5.41, 5.74) is -0.229. The number of aromatic nitrogens is 2. The molecule has 0 aliphatic carbocycles. The van der Waals surface area contributed by atoms with Crippen LogP contribution in [0.5, 0.6) is 0 Å². The van der Waals surface area contributed by atoms with Crippen molar-refractivity contribution in [2.75, 3.05) is 5.75 Å². The topological polar surface area (TPSA) is 49.6 Å². The second-order valence-corrected chi connectivity index (χ2v) is 5.80. The van der Waals surface area contributed by atoms with Crippen molar-refractivity contribution in [1.29, 1.82) is 5.26 Å². The minimum Gasteiger partial charge on any atom is -0.213 e. The molecule has 14 heavy (non-hydrogen) atoms. The third kappa shape index (κ3) is 3.64. The monoisotopic (exact) mass is 227 g/mol. The first-order valence-electron chi connectivity index (χ1n) is 4.38. The van der Waals surface area contributed by atoms with Gasteiger partial charge in [-0.05, 0) is 38.7 Å². The summed E-state index contributed by atoms with van der Waals surface area (Å²) in [4.78, 5) is 4.24. The average Bonchev–Trinajstić information content (AvgIpc) is 2.51. The van der Waals surface area contributed by atoms with Gasteiger partial charge in [-0.15, -0.1) is 0 Å². The molecule has 0 saturated heterocycles. The zero-order chi connectivity index (χ0) is 10.6. The van der Waals surface area contributed by atoms with Gasteiger partial charge in [0, 0.05) is 5.75 Å². The number of thioether (sulfide) groups is 1. The second-order valence-electron chi connectivity index (χ2n) is 3.70. The van der Waals surface area contributed by atoms with Gasteiger partial charge < -0.3 is 0 Å². The number of nitriles is 1. The number of hydrogen-bond acceptors (Lipinski definition) is 5. The molecule has 0 aliphatic heterocycles. The van der Waals surface area contributed by atoms with E-state index in [4.69, 9.17) is 5.26 Å². The summed E-state index contributed by atoms with van der Waals surface area (Å²) in [5.74, 6) is 1.76. The van der Waals surface area contributed by atoms with Crippen LogP contribution in [0.4, 0.5) is 0 Å². The molecule has 0 unspecified atom stereocenters. The zero-order valence-electron chi connectivity index (χ0n) is 8.57. The molecular weight excluding hydrogens is 214 g/mol. The van der Waals surface area contributed by atoms with Gasteiger partial charge in [-0.1, -0.05) is 11.8 Å². The van der Waals surface area contributed by atoms with Crippen LogP contribution in [0.1, 0.15) is 26.1 Å². The van der Waals surface area contributed by atoms with Crippen LogP contribution in [0.15, 0.2) is 4.34 Å². The molecule has 0 radical (unpaired) electrons. The molecule has 1 aromatic rings. The molecule has 0 fully saturated rings. The normalized spacial score (nSPS) is 11.3. The summed E-state index contributed by atoms with van der Waals surface area (Å²) in [6.07, 6.45) is 0.882. The van der Waals surface area contributed by atoms with E-state index in [-0.39, 0.29) is 5.41 Å². The summed E-state index contributed by atoms with van der Waals surface area (Å²) in [7, 11) is 0. The highest BCUT2D eigenvalue weighted by Crippen LogP contribution is 2.26. The Kier molecular flexibility index (Phi) is 3.90. The van der Waals surface area contributed by atoms with E-state index < -0.39 is 0 Å². The van der Waals surface area contributed by atoms with Crippen molar-refractivity contribution in [3.8, 4) is 6.07 Å². The van der Waals surface area contributed by atoms with Crippen molar-refractivity contribution < 1.29 is 0 Å². The minimum absolute atomic E-state index is 0.229. The van der Waals surface area contributed by atoms with Crippen LogP contribution in [0.25, 0.3) is 0 Å². The maximum absolute atomic E-state index is 8.81. The molecule has 5 heteroatoms. The lowest BCUT2D eigenvalue weighted by atomic mass is 9.93. The van der Waals surface area contributed by atoms with Crippen molar-refractivity contribution in [3.63, 3.8) is 0 Å². The third-order valence-corrected chi connectivity index (χ3v) is 3.69. The third-order valence-electron chi connectivity index (χ3n) is 1.76. The van der Waals surface area contributed by atoms with Crippen LogP contribution in [0, 0.1) is 23.7 Å². The van der Waals surface area contributed by atoms with E-state index >= 15 is 0 Å². The van der Waals surface area contributed by atoms with Crippen LogP contribution in [0.2, 0.25) is 0 Å². The molecule has 76 valence electrons. The molecule has 0 amide bonds. The molecule has 0 spiro atoms. The van der Waals surface area contributed by atoms with Gasteiger partial charge in [-0.3, -0.25) is 0 Å². The van der Waals surface area contributed by atoms with Gasteiger partial charge in [0.2, 0.25) is 0 Å². The van der Waals surface area contributed by atoms with Crippen molar-refractivity contribution >= 4 is 23.3 Å². The Bertz CT molecular complexity index is 338. The summed E-state index contributed by atoms with van der Waals surface area (Å²) in [5, 5.41) is 8.81. The second kappa shape index (κ2) is 4.76. The molecular formula is C9H13N3S2. The molecule has 1 rings (SSSR count). The number of nitrogens with zero attached hydrogens (tertiary/aromatic N) is 3. The largest absolute Gasteiger partial charge is 0.213 e. The van der Waals surface area contributed by atoms with Crippen LogP contribution in [0.3, 0.4) is 0 Å². The first kappa shape index (κ1) is 11.5. The van der Waals surface area contributed by atoms with E-state index in [2.05, 4.69) is 15.4 Å². The zero-order valence-corrected chi connectivity index (χ0v) is 10.2. The van der Waals surface area contributed by atoms with Gasteiger partial charge >= 0.3 is 0 Å². The molecule has 0 atom stereocenters. The highest BCUT2D eigenvalue weighted by molar-refractivity contribution is 8.00. The van der Waals surface area contributed by atoms with Gasteiger partial charge in [0.1, 0.15) is 5.82 Å². The summed E-state index contributed by atoms with van der Waals surface area (Å²) in [6, 6.07) is 2.29. The van der Waals surface area contributed by atoms with Crippen LogP contribution < -0.4 is 0 Å². The van der Waals surface area contributed by atoms with E-state index in [0.717, 1.165) is 22.3 Å². The van der Waals surface area contributed by atoms with E-state index in [0.29, 0.717) is 0 Å². The first-order valence-corrected chi connectivity index (χ1v) is 6.14. The number of hydrogen-bond donors (Lipinski definition) is 0. The first-order chi connectivity index (χ1) is 6.53. The highest BCUT2D eigenvalue weighted by Gasteiger charge is 2.16. The lowest BCUT2D eigenvalue weighted by molar-refractivity contribution is 0.482. The molecule has 3 nitrogen and oxygen atoms in total. The van der Waals surface area contributed by atoms with E-state index in [9.17, 15) is 0 Å². The standard InChI is InChI=1S/C9H13N3S2/c1-7-11-8(14-12-7)13-5-4-9(2,3)6-10/h4-5H2,1-3H3. The van der Waals surface area contributed by atoms with Gasteiger partial charge in [0.15, 0.2) is 4.34 Å². The molecule has 0 aromatic carbocycles. The van der Waals surface area contributed by atoms with Crippen molar-refractivity contribution in [3.05, 3.63) is 5.82 Å². The summed E-state index contributed by atoms with van der Waals surface area (Å²) >= 11 is 3.10. The van der Waals surface area contributed by atoms with E-state index in [1.165, 1.54) is 11.5 Å². The fourth-order valence-corrected chi connectivity index (χ4v) is 2.77. The average molecular weight is 227 g/mol. The van der Waals surface area contributed by atoms with E-state index in [1.807, 2.05) is 20.8 Å². The Morgan fingerprint density at radius 3 is 2.79 bits per heavy atom. The van der Waals surface area contributed by atoms with Crippen molar-refractivity contribution in [2.45, 2.75) is 31.5 Å². The SMILES string of the molecule is Cc1nsc(SCCC(C)(C)C#N)n1. The Labute approximate surface area is 92.7 Å². The molecule has 0 aliphatic rings. The smallest absolute Gasteiger partial charge is 0.170 e. The van der Waals surface area contributed by atoms with Crippen molar-refractivity contribution in [1.82, 2.24) is 9.36 Å². The lowest BCUT2D eigenvalue weighted by Gasteiger charge is -2.12. The fourth-order valence-electron chi connectivity index (χ4n) is 0.786. The molecule has 0 saturated carbocycles. The Morgan fingerprint density at radius 2 is 2.29 bits per heavy atom. The fraction of sp³-hybridized carbons (Fsp3) is 0.667. The molecule has 0 bridgehead atoms. The molecule has 1 aromatic heterocycles. The van der Waals surface area contributed by atoms with Gasteiger partial charge in [0.05, 0.1) is 11.5 Å². The Morgan fingerprint density at radius 1 is 1.57 bits per heavy atom. The van der Waals surface area contributed by atoms with Crippen LogP contribution >= 0.6 is 23.3 Å². The molecule has 0 N–H and O–H groups in total. The van der Waals surface area contributed by atoms with Crippen molar-refractivity contribution in [2.24, 2.45) is 5.41 Å². The minimum atomic E-state index is -0.229. The quantitative estimate of drug-likeness (QED) is 0.742. The molecule has 1 heterocycles. The summed E-state index contributed by atoms with van der Waals surface area (Å²) in [6.45, 7) is 5.80. The maximum atomic E-state index is 8.81. The van der Waals surface area contributed by atoms with Gasteiger partial charge in [0.25, 0.3) is 0 Å². The van der Waals surface area contributed by atoms with Gasteiger partial charge in [-0.2, -0.15) is 9.64 Å². The van der Waals surface area contributed by atoms with E-state index in [1.54, 1.807) is 11.8 Å². The Hall–Kier alpha value is -0.600. The van der Waals surface area contributed by atoms with Crippen LogP contribution in [-0.4, -0.2) is 15.1 Å². The summed E-state index contributed by atoms with van der Waals surface area (Å²) < 4.78 is 5.09.